The smallest absolute Gasteiger partial charge is 0.306 e. The second kappa shape index (κ2) is 57.4. The molecule has 0 N–H and O–H groups in total. The predicted molar refractivity (Wildman–Crippen MR) is 302 cm³/mol. The largest absolute Gasteiger partial charge is 0.462 e. The number of allylic oxidation sites excluding steroid dienone is 20. The molecular formula is C64H104O6. The van der Waals surface area contributed by atoms with Crippen LogP contribution in [-0.4, -0.2) is 37.2 Å². The summed E-state index contributed by atoms with van der Waals surface area (Å²) in [6.07, 6.45) is 79.0. The van der Waals surface area contributed by atoms with E-state index < -0.39 is 6.10 Å². The number of carbonyl (C=O) groups is 3. The van der Waals surface area contributed by atoms with Crippen LogP contribution in [0, 0.1) is 0 Å². The molecule has 0 aromatic heterocycles. The van der Waals surface area contributed by atoms with E-state index in [0.29, 0.717) is 19.3 Å². The molecule has 0 radical (unpaired) electrons. The Hall–Kier alpha value is -4.19. The molecule has 0 fully saturated rings. The lowest BCUT2D eigenvalue weighted by Crippen LogP contribution is -2.30. The van der Waals surface area contributed by atoms with Crippen molar-refractivity contribution in [3.63, 3.8) is 0 Å². The molecule has 0 rings (SSSR count). The van der Waals surface area contributed by atoms with Crippen LogP contribution in [-0.2, 0) is 28.6 Å². The number of carbonyl (C=O) groups excluding carboxylic acids is 3. The number of unbranched alkanes of at least 4 members (excludes halogenated alkanes) is 19. The molecule has 0 aliphatic heterocycles. The Morgan fingerprint density at radius 3 is 0.900 bits per heavy atom. The van der Waals surface area contributed by atoms with E-state index >= 15 is 0 Å². The van der Waals surface area contributed by atoms with Gasteiger partial charge in [-0.2, -0.15) is 0 Å². The van der Waals surface area contributed by atoms with Gasteiger partial charge in [-0.15, -0.1) is 0 Å². The van der Waals surface area contributed by atoms with Crippen LogP contribution in [0.4, 0.5) is 0 Å². The molecule has 70 heavy (non-hydrogen) atoms. The second-order valence-electron chi connectivity index (χ2n) is 18.4. The average Bonchev–Trinajstić information content (AvgIpc) is 3.36. The van der Waals surface area contributed by atoms with Crippen molar-refractivity contribution in [3.8, 4) is 0 Å². The Labute approximate surface area is 431 Å². The van der Waals surface area contributed by atoms with E-state index in [2.05, 4.69) is 142 Å². The molecule has 0 aliphatic carbocycles. The van der Waals surface area contributed by atoms with E-state index in [1.165, 1.54) is 77.0 Å². The lowest BCUT2D eigenvalue weighted by molar-refractivity contribution is -0.167. The first-order chi connectivity index (χ1) is 34.5. The quantitative estimate of drug-likeness (QED) is 0.0262. The molecule has 0 aromatic carbocycles. The summed E-state index contributed by atoms with van der Waals surface area (Å²) in [6, 6.07) is 0. The van der Waals surface area contributed by atoms with Gasteiger partial charge in [-0.25, -0.2) is 0 Å². The lowest BCUT2D eigenvalue weighted by atomic mass is 10.1. The zero-order valence-electron chi connectivity index (χ0n) is 45.2. The normalized spacial score (nSPS) is 13.0. The summed E-state index contributed by atoms with van der Waals surface area (Å²) in [6.45, 7) is 6.35. The molecule has 0 amide bonds. The molecule has 0 aliphatic rings. The third kappa shape index (κ3) is 54.7. The van der Waals surface area contributed by atoms with Gasteiger partial charge in [-0.3, -0.25) is 14.4 Å². The van der Waals surface area contributed by atoms with Gasteiger partial charge in [-0.1, -0.05) is 239 Å². The minimum Gasteiger partial charge on any atom is -0.462 e. The van der Waals surface area contributed by atoms with Crippen molar-refractivity contribution in [1.82, 2.24) is 0 Å². The summed E-state index contributed by atoms with van der Waals surface area (Å²) in [4.78, 5) is 38.1. The molecule has 1 atom stereocenters. The Kier molecular flexibility index (Phi) is 54.0. The maximum atomic E-state index is 12.9. The topological polar surface area (TPSA) is 78.9 Å². The first-order valence-corrected chi connectivity index (χ1v) is 28.5. The number of rotatable bonds is 50. The summed E-state index contributed by atoms with van der Waals surface area (Å²) >= 11 is 0. The van der Waals surface area contributed by atoms with Crippen LogP contribution in [0.15, 0.2) is 122 Å². The Bertz CT molecular complexity index is 1490. The monoisotopic (exact) mass is 969 g/mol. The van der Waals surface area contributed by atoms with Gasteiger partial charge < -0.3 is 14.2 Å². The van der Waals surface area contributed by atoms with E-state index in [1.807, 2.05) is 0 Å². The number of esters is 3. The zero-order chi connectivity index (χ0) is 50.7. The Balaban J connectivity index is 4.42. The zero-order valence-corrected chi connectivity index (χ0v) is 45.2. The SMILES string of the molecule is CC/C=C\C/C=C\C/C=C\C/C=C\C/C=C\C/C=C\CCCCC(=O)OCC(COC(=O)CCCCCCCCCCCC)OC(=O)CCCCCCCCCC/C=C\C/C=C\C/C=C\C/C=C\CC. The highest BCUT2D eigenvalue weighted by atomic mass is 16.6. The van der Waals surface area contributed by atoms with E-state index in [-0.39, 0.29) is 31.1 Å². The number of ether oxygens (including phenoxy) is 3. The predicted octanol–water partition coefficient (Wildman–Crippen LogP) is 19.3. The first kappa shape index (κ1) is 65.8. The molecule has 0 spiro atoms. The highest BCUT2D eigenvalue weighted by molar-refractivity contribution is 5.71. The van der Waals surface area contributed by atoms with Crippen molar-refractivity contribution in [2.24, 2.45) is 0 Å². The van der Waals surface area contributed by atoms with Crippen molar-refractivity contribution in [3.05, 3.63) is 122 Å². The van der Waals surface area contributed by atoms with E-state index in [0.717, 1.165) is 128 Å². The molecule has 0 saturated carbocycles. The Morgan fingerprint density at radius 2 is 0.557 bits per heavy atom. The van der Waals surface area contributed by atoms with Crippen LogP contribution in [0.2, 0.25) is 0 Å². The fourth-order valence-corrected chi connectivity index (χ4v) is 7.49. The summed E-state index contributed by atoms with van der Waals surface area (Å²) in [7, 11) is 0. The van der Waals surface area contributed by atoms with Crippen LogP contribution in [0.3, 0.4) is 0 Å². The number of hydrogen-bond acceptors (Lipinski definition) is 6. The van der Waals surface area contributed by atoms with Crippen molar-refractivity contribution in [2.75, 3.05) is 13.2 Å². The fourth-order valence-electron chi connectivity index (χ4n) is 7.49. The van der Waals surface area contributed by atoms with E-state index in [4.69, 9.17) is 14.2 Å². The van der Waals surface area contributed by atoms with Gasteiger partial charge in [0.1, 0.15) is 13.2 Å². The third-order valence-corrected chi connectivity index (χ3v) is 11.7. The molecular weight excluding hydrogens is 865 g/mol. The van der Waals surface area contributed by atoms with Crippen LogP contribution in [0.5, 0.6) is 0 Å². The first-order valence-electron chi connectivity index (χ1n) is 28.5. The number of hydrogen-bond donors (Lipinski definition) is 0. The molecule has 1 unspecified atom stereocenters. The lowest BCUT2D eigenvalue weighted by Gasteiger charge is -2.18. The van der Waals surface area contributed by atoms with Crippen LogP contribution >= 0.6 is 0 Å². The van der Waals surface area contributed by atoms with Gasteiger partial charge in [0.25, 0.3) is 0 Å². The fraction of sp³-hybridized carbons (Fsp3) is 0.641. The third-order valence-electron chi connectivity index (χ3n) is 11.7. The average molecular weight is 970 g/mol. The van der Waals surface area contributed by atoms with Crippen molar-refractivity contribution >= 4 is 17.9 Å². The molecule has 6 nitrogen and oxygen atoms in total. The minimum absolute atomic E-state index is 0.0966. The standard InChI is InChI=1S/C64H104O6/c1-4-7-10-13-16-19-22-24-26-28-30-32-34-36-38-40-42-45-48-51-54-57-63(66)69-60-61(59-68-62(65)56-53-50-47-44-21-18-15-12-9-6-3)70-64(67)58-55-52-49-46-43-41-39-37-35-33-31-29-27-25-23-20-17-14-11-8-5-2/h7-8,10-11,16-17,19-20,24-27,30-33,36,38,42,45,61H,4-6,9,12-15,18,21-23,28-29,34-35,37,39-41,43-44,46-60H2,1-3H3/b10-7-,11-8-,19-16-,20-17-,26-24-,27-25-,32-30-,33-31-,38-36-,45-42-. The molecule has 6 heteroatoms. The van der Waals surface area contributed by atoms with Crippen LogP contribution < -0.4 is 0 Å². The van der Waals surface area contributed by atoms with Crippen LogP contribution in [0.25, 0.3) is 0 Å². The highest BCUT2D eigenvalue weighted by Gasteiger charge is 2.19. The Morgan fingerprint density at radius 1 is 0.300 bits per heavy atom. The molecule has 396 valence electrons. The van der Waals surface area contributed by atoms with Gasteiger partial charge in [0.05, 0.1) is 0 Å². The summed E-state index contributed by atoms with van der Waals surface area (Å²) in [5.41, 5.74) is 0. The molecule has 0 saturated heterocycles. The summed E-state index contributed by atoms with van der Waals surface area (Å²) in [5, 5.41) is 0. The molecule has 0 bridgehead atoms. The van der Waals surface area contributed by atoms with Crippen molar-refractivity contribution in [2.45, 2.75) is 252 Å². The summed E-state index contributed by atoms with van der Waals surface area (Å²) in [5.74, 6) is -0.953. The maximum absolute atomic E-state index is 12.9. The van der Waals surface area contributed by atoms with Gasteiger partial charge in [-0.05, 0) is 109 Å². The minimum atomic E-state index is -0.802. The van der Waals surface area contributed by atoms with E-state index in [9.17, 15) is 14.4 Å². The van der Waals surface area contributed by atoms with Crippen molar-refractivity contribution < 1.29 is 28.6 Å². The second-order valence-corrected chi connectivity index (χ2v) is 18.4. The van der Waals surface area contributed by atoms with Gasteiger partial charge >= 0.3 is 17.9 Å². The van der Waals surface area contributed by atoms with Gasteiger partial charge in [0, 0.05) is 19.3 Å². The van der Waals surface area contributed by atoms with Crippen molar-refractivity contribution in [1.29, 1.82) is 0 Å². The van der Waals surface area contributed by atoms with Gasteiger partial charge in [0.15, 0.2) is 6.10 Å². The molecule has 0 aromatic rings. The van der Waals surface area contributed by atoms with E-state index in [1.54, 1.807) is 0 Å². The maximum Gasteiger partial charge on any atom is 0.306 e. The summed E-state index contributed by atoms with van der Waals surface area (Å²) < 4.78 is 16.8. The van der Waals surface area contributed by atoms with Crippen LogP contribution in [0.1, 0.15) is 245 Å². The molecule has 0 heterocycles. The highest BCUT2D eigenvalue weighted by Crippen LogP contribution is 2.14. The van der Waals surface area contributed by atoms with Gasteiger partial charge in [0.2, 0.25) is 0 Å².